The smallest absolute Gasteiger partial charge is 0.281 e. The third-order valence-electron chi connectivity index (χ3n) is 9.21. The van der Waals surface area contributed by atoms with E-state index in [0.29, 0.717) is 24.8 Å². The van der Waals surface area contributed by atoms with Crippen LogP contribution in [0.1, 0.15) is 82.2 Å². The first-order valence-electron chi connectivity index (χ1n) is 15.8. The normalized spacial score (nSPS) is 22.6. The maximum Gasteiger partial charge on any atom is 0.281 e. The highest BCUT2D eigenvalue weighted by atomic mass is 32.2. The SMILES string of the molecule is COCCN(C)c1ccc(C2C[C@H](C)[C@@H]3CN(c4nc(C(C)(C)C)ccc4C(=O)NS(=O)(=O)c4cccc(n4)N2)C(C)(C)C3)nc1. The molecular weight excluding hydrogens is 602 g/mol. The van der Waals surface area contributed by atoms with E-state index < -0.39 is 15.9 Å². The van der Waals surface area contributed by atoms with Crippen molar-refractivity contribution in [3.63, 3.8) is 0 Å². The summed E-state index contributed by atoms with van der Waals surface area (Å²) in [5.74, 6) is 0.676. The fourth-order valence-electron chi connectivity index (χ4n) is 6.36. The standard InChI is InChI=1S/C34H47N7O4S/c1-22-18-27(26-14-12-24(20-35-26)40(7)16-17-45-8)36-29-10-9-11-30(38-29)46(43,44)39-32(42)25-13-15-28(33(2,3)4)37-31(25)41-21-23(22)19-34(41,5)6/h9-15,20,22-23,27H,16-19,21H2,1-8H3,(H,36,38)(H,39,42)/t22-,23-,27?/m0/s1. The van der Waals surface area contributed by atoms with Gasteiger partial charge in [0.15, 0.2) is 5.03 Å². The number of hydrogen-bond donors (Lipinski definition) is 2. The quantitative estimate of drug-likeness (QED) is 0.382. The number of hydrogen-bond acceptors (Lipinski definition) is 10. The van der Waals surface area contributed by atoms with Crippen molar-refractivity contribution in [3.05, 3.63) is 65.6 Å². The molecule has 0 aliphatic carbocycles. The summed E-state index contributed by atoms with van der Waals surface area (Å²) in [4.78, 5) is 32.3. The molecule has 248 valence electrons. The number of aromatic nitrogens is 3. The highest BCUT2D eigenvalue weighted by Gasteiger charge is 2.43. The summed E-state index contributed by atoms with van der Waals surface area (Å²) < 4.78 is 34.6. The Kier molecular flexibility index (Phi) is 9.34. The number of likely N-dealkylation sites (N-methyl/N-ethyl adjacent to an activating group) is 1. The average Bonchev–Trinajstić information content (AvgIpc) is 3.33. The number of amides is 1. The molecule has 0 radical (unpaired) electrons. The first kappa shape index (κ1) is 33.6. The van der Waals surface area contributed by atoms with Gasteiger partial charge in [-0.2, -0.15) is 8.42 Å². The van der Waals surface area contributed by atoms with Crippen molar-refractivity contribution < 1.29 is 17.9 Å². The fraction of sp³-hybridized carbons (Fsp3) is 0.529. The monoisotopic (exact) mass is 649 g/mol. The van der Waals surface area contributed by atoms with E-state index >= 15 is 0 Å². The third kappa shape index (κ3) is 7.12. The molecule has 0 spiro atoms. The van der Waals surface area contributed by atoms with Gasteiger partial charge in [0.1, 0.15) is 11.6 Å². The molecule has 0 aromatic carbocycles. The molecule has 2 aliphatic rings. The van der Waals surface area contributed by atoms with E-state index in [4.69, 9.17) is 14.7 Å². The average molecular weight is 650 g/mol. The molecular formula is C34H47N7O4S. The van der Waals surface area contributed by atoms with E-state index in [1.165, 1.54) is 6.07 Å². The topological polar surface area (TPSA) is 130 Å². The third-order valence-corrected chi connectivity index (χ3v) is 10.4. The molecule has 5 rings (SSSR count). The van der Waals surface area contributed by atoms with Gasteiger partial charge in [-0.15, -0.1) is 0 Å². The lowest BCUT2D eigenvalue weighted by Gasteiger charge is -2.34. The van der Waals surface area contributed by atoms with Crippen molar-refractivity contribution in [3.8, 4) is 0 Å². The zero-order valence-electron chi connectivity index (χ0n) is 28.2. The molecule has 3 aromatic heterocycles. The highest BCUT2D eigenvalue weighted by molar-refractivity contribution is 7.90. The molecule has 2 N–H and O–H groups in total. The molecule has 1 saturated heterocycles. The number of sulfonamides is 1. The van der Waals surface area contributed by atoms with E-state index in [2.05, 4.69) is 66.4 Å². The molecule has 3 aromatic rings. The number of nitrogens with one attached hydrogen (secondary N) is 2. The summed E-state index contributed by atoms with van der Waals surface area (Å²) in [6, 6.07) is 12.1. The van der Waals surface area contributed by atoms with Gasteiger partial charge < -0.3 is 19.9 Å². The Morgan fingerprint density at radius 2 is 1.87 bits per heavy atom. The zero-order valence-corrected chi connectivity index (χ0v) is 29.0. The van der Waals surface area contributed by atoms with E-state index in [1.807, 2.05) is 31.4 Å². The first-order chi connectivity index (χ1) is 21.6. The van der Waals surface area contributed by atoms with Gasteiger partial charge in [-0.3, -0.25) is 9.78 Å². The number of methoxy groups -OCH3 is 1. The first-order valence-corrected chi connectivity index (χ1v) is 17.3. The summed E-state index contributed by atoms with van der Waals surface area (Å²) in [5, 5.41) is 3.23. The van der Waals surface area contributed by atoms with Gasteiger partial charge >= 0.3 is 0 Å². The lowest BCUT2D eigenvalue weighted by atomic mass is 9.83. The molecule has 3 atom stereocenters. The van der Waals surface area contributed by atoms with Crippen LogP contribution in [0.2, 0.25) is 0 Å². The van der Waals surface area contributed by atoms with Crippen LogP contribution in [-0.4, -0.2) is 68.7 Å². The second kappa shape index (κ2) is 12.8. The van der Waals surface area contributed by atoms with Gasteiger partial charge in [-0.25, -0.2) is 14.7 Å². The van der Waals surface area contributed by atoms with E-state index in [-0.39, 0.29) is 39.4 Å². The summed E-state index contributed by atoms with van der Waals surface area (Å²) >= 11 is 0. The second-order valence-electron chi connectivity index (χ2n) is 14.3. The predicted octanol–water partition coefficient (Wildman–Crippen LogP) is 5.17. The molecule has 11 nitrogen and oxygen atoms in total. The van der Waals surface area contributed by atoms with Gasteiger partial charge in [-0.05, 0) is 74.9 Å². The van der Waals surface area contributed by atoms with Crippen LogP contribution in [0, 0.1) is 11.8 Å². The van der Waals surface area contributed by atoms with Crippen molar-refractivity contribution in [2.24, 2.45) is 11.8 Å². The van der Waals surface area contributed by atoms with Crippen molar-refractivity contribution in [1.82, 2.24) is 19.7 Å². The minimum Gasteiger partial charge on any atom is -0.383 e. The van der Waals surface area contributed by atoms with Crippen LogP contribution in [0.4, 0.5) is 17.3 Å². The van der Waals surface area contributed by atoms with Crippen molar-refractivity contribution in [1.29, 1.82) is 0 Å². The van der Waals surface area contributed by atoms with Gasteiger partial charge in [0.05, 0.1) is 35.8 Å². The molecule has 0 saturated carbocycles. The Labute approximate surface area is 273 Å². The minimum absolute atomic E-state index is 0.222. The Morgan fingerprint density at radius 1 is 1.11 bits per heavy atom. The predicted molar refractivity (Wildman–Crippen MR) is 181 cm³/mol. The summed E-state index contributed by atoms with van der Waals surface area (Å²) in [7, 11) is -0.614. The Hall–Kier alpha value is -3.77. The Bertz CT molecular complexity index is 1670. The van der Waals surface area contributed by atoms with Crippen LogP contribution >= 0.6 is 0 Å². The molecule has 46 heavy (non-hydrogen) atoms. The summed E-state index contributed by atoms with van der Waals surface area (Å²) in [6.45, 7) is 14.8. The van der Waals surface area contributed by atoms with Crippen LogP contribution in [0.25, 0.3) is 0 Å². The molecule has 1 unspecified atom stereocenters. The maximum atomic E-state index is 13.7. The number of ether oxygens (including phenoxy) is 1. The minimum atomic E-state index is -4.30. The van der Waals surface area contributed by atoms with Crippen molar-refractivity contribution >= 4 is 33.3 Å². The molecule has 5 heterocycles. The van der Waals surface area contributed by atoms with Crippen LogP contribution in [0.3, 0.4) is 0 Å². The molecule has 2 aliphatic heterocycles. The van der Waals surface area contributed by atoms with Crippen LogP contribution < -0.4 is 19.8 Å². The van der Waals surface area contributed by atoms with Crippen molar-refractivity contribution in [2.45, 2.75) is 76.4 Å². The zero-order chi connectivity index (χ0) is 33.4. The van der Waals surface area contributed by atoms with E-state index in [0.717, 1.165) is 36.5 Å². The van der Waals surface area contributed by atoms with E-state index in [1.54, 1.807) is 25.3 Å². The maximum absolute atomic E-state index is 13.7. The lowest BCUT2D eigenvalue weighted by molar-refractivity contribution is 0.0981. The number of carbonyl (C=O) groups excluding carboxylic acids is 1. The molecule has 1 fully saturated rings. The van der Waals surface area contributed by atoms with Crippen LogP contribution in [0.5, 0.6) is 0 Å². The summed E-state index contributed by atoms with van der Waals surface area (Å²) in [5.41, 5.74) is 2.26. The number of nitrogens with zero attached hydrogens (tertiary/aromatic N) is 5. The second-order valence-corrected chi connectivity index (χ2v) is 15.9. The number of carbonyl (C=O) groups is 1. The van der Waals surface area contributed by atoms with Crippen molar-refractivity contribution in [2.75, 3.05) is 49.0 Å². The van der Waals surface area contributed by atoms with Gasteiger partial charge in [0, 0.05) is 43.9 Å². The number of pyridine rings is 3. The fourth-order valence-corrected chi connectivity index (χ4v) is 7.29. The van der Waals surface area contributed by atoms with Gasteiger partial charge in [0.2, 0.25) is 0 Å². The molecule has 1 amide bonds. The Balaban J connectivity index is 1.59. The van der Waals surface area contributed by atoms with Gasteiger partial charge in [0.25, 0.3) is 15.9 Å². The highest BCUT2D eigenvalue weighted by Crippen LogP contribution is 2.43. The number of anilines is 3. The molecule has 4 bridgehead atoms. The molecule has 12 heteroatoms. The Morgan fingerprint density at radius 3 is 2.54 bits per heavy atom. The van der Waals surface area contributed by atoms with Crippen LogP contribution in [-0.2, 0) is 20.2 Å². The number of fused-ring (bicyclic) bond motifs is 6. The van der Waals surface area contributed by atoms with Gasteiger partial charge in [-0.1, -0.05) is 33.8 Å². The summed E-state index contributed by atoms with van der Waals surface area (Å²) in [6.07, 6.45) is 3.47. The lowest BCUT2D eigenvalue weighted by Crippen LogP contribution is -2.41. The number of rotatable bonds is 5. The van der Waals surface area contributed by atoms with Crippen LogP contribution in [0.15, 0.2) is 53.7 Å². The van der Waals surface area contributed by atoms with E-state index in [9.17, 15) is 13.2 Å². The largest absolute Gasteiger partial charge is 0.383 e.